The van der Waals surface area contributed by atoms with E-state index in [9.17, 15) is 9.59 Å². The smallest absolute Gasteiger partial charge is 0.355 e. The zero-order chi connectivity index (χ0) is 10.8. The van der Waals surface area contributed by atoms with Crippen LogP contribution in [0, 0.1) is 0 Å². The average molecular weight is 213 g/mol. The van der Waals surface area contributed by atoms with Crippen molar-refractivity contribution in [2.24, 2.45) is 0 Å². The summed E-state index contributed by atoms with van der Waals surface area (Å²) in [5.74, 6) is -0.871. The molecule has 0 spiro atoms. The van der Waals surface area contributed by atoms with Crippen molar-refractivity contribution >= 4 is 11.9 Å². The Morgan fingerprint density at radius 2 is 2.40 bits per heavy atom. The van der Waals surface area contributed by atoms with Crippen molar-refractivity contribution in [3.8, 4) is 0 Å². The van der Waals surface area contributed by atoms with Gasteiger partial charge < -0.3 is 19.5 Å². The first-order valence-corrected chi connectivity index (χ1v) is 4.56. The zero-order valence-electron chi connectivity index (χ0n) is 8.19. The summed E-state index contributed by atoms with van der Waals surface area (Å²) in [7, 11) is 0. The van der Waals surface area contributed by atoms with Gasteiger partial charge in [-0.1, -0.05) is 0 Å². The summed E-state index contributed by atoms with van der Waals surface area (Å²) in [6, 6.07) is 0. The molecule has 15 heavy (non-hydrogen) atoms. The highest BCUT2D eigenvalue weighted by molar-refractivity contribution is 5.94. The Bertz CT molecular complexity index is 324. The number of nitrogens with one attached hydrogen (secondary N) is 1. The van der Waals surface area contributed by atoms with E-state index in [2.05, 4.69) is 5.32 Å². The maximum absolute atomic E-state index is 11.4. The van der Waals surface area contributed by atoms with Crippen molar-refractivity contribution in [1.29, 1.82) is 0 Å². The van der Waals surface area contributed by atoms with Crippen molar-refractivity contribution in [3.05, 3.63) is 11.8 Å². The second kappa shape index (κ2) is 4.00. The van der Waals surface area contributed by atoms with Gasteiger partial charge in [0.1, 0.15) is 18.6 Å². The van der Waals surface area contributed by atoms with E-state index in [1.807, 2.05) is 0 Å². The van der Waals surface area contributed by atoms with Gasteiger partial charge in [0.2, 0.25) is 5.91 Å². The number of hydrogen-bond acceptors (Lipinski definition) is 5. The molecule has 2 heterocycles. The van der Waals surface area contributed by atoms with E-state index < -0.39 is 12.1 Å². The summed E-state index contributed by atoms with van der Waals surface area (Å²) in [5, 5.41) is 2.39. The molecule has 6 nitrogen and oxygen atoms in total. The third-order valence-electron chi connectivity index (χ3n) is 2.11. The molecular formula is C9H11NO5. The van der Waals surface area contributed by atoms with Gasteiger partial charge >= 0.3 is 5.97 Å². The molecule has 2 aliphatic rings. The van der Waals surface area contributed by atoms with E-state index in [4.69, 9.17) is 14.2 Å². The zero-order valence-corrected chi connectivity index (χ0v) is 8.19. The molecule has 6 heteroatoms. The number of rotatable bonds is 1. The van der Waals surface area contributed by atoms with Crippen LogP contribution in [0.5, 0.6) is 0 Å². The Labute approximate surface area is 86.2 Å². The van der Waals surface area contributed by atoms with Gasteiger partial charge in [0, 0.05) is 6.92 Å². The molecule has 1 N–H and O–H groups in total. The van der Waals surface area contributed by atoms with Crippen molar-refractivity contribution in [3.63, 3.8) is 0 Å². The van der Waals surface area contributed by atoms with Crippen LogP contribution in [-0.4, -0.2) is 37.5 Å². The van der Waals surface area contributed by atoms with Crippen LogP contribution in [0.4, 0.5) is 0 Å². The van der Waals surface area contributed by atoms with Crippen LogP contribution in [0.3, 0.4) is 0 Å². The van der Waals surface area contributed by atoms with E-state index in [1.165, 1.54) is 6.92 Å². The van der Waals surface area contributed by atoms with Gasteiger partial charge in [0.25, 0.3) is 0 Å². The van der Waals surface area contributed by atoms with Crippen LogP contribution >= 0.6 is 0 Å². The molecule has 0 aromatic carbocycles. The lowest BCUT2D eigenvalue weighted by atomic mass is 10.1. The van der Waals surface area contributed by atoms with Gasteiger partial charge in [-0.15, -0.1) is 0 Å². The second-order valence-corrected chi connectivity index (χ2v) is 3.33. The maximum atomic E-state index is 11.4. The van der Waals surface area contributed by atoms with Crippen molar-refractivity contribution < 1.29 is 23.8 Å². The van der Waals surface area contributed by atoms with Gasteiger partial charge in [-0.2, -0.15) is 0 Å². The van der Waals surface area contributed by atoms with Gasteiger partial charge in [0.05, 0.1) is 6.61 Å². The van der Waals surface area contributed by atoms with E-state index in [0.717, 1.165) is 0 Å². The summed E-state index contributed by atoms with van der Waals surface area (Å²) in [6.45, 7) is 1.81. The number of ether oxygens (including phenoxy) is 3. The largest absolute Gasteiger partial charge is 0.452 e. The molecule has 2 aliphatic heterocycles. The van der Waals surface area contributed by atoms with Crippen LogP contribution in [0.2, 0.25) is 0 Å². The first-order valence-electron chi connectivity index (χ1n) is 4.56. The Morgan fingerprint density at radius 3 is 3.13 bits per heavy atom. The normalized spacial score (nSPS) is 29.9. The summed E-state index contributed by atoms with van der Waals surface area (Å²) < 4.78 is 15.2. The SMILES string of the molecule is CC(=O)NC1=C[C@H]2OCOC[C@H]2OC1=O. The number of carbonyl (C=O) groups excluding carboxylic acids is 2. The van der Waals surface area contributed by atoms with Crippen LogP contribution in [-0.2, 0) is 23.8 Å². The molecule has 0 unspecified atom stereocenters. The summed E-state index contributed by atoms with van der Waals surface area (Å²) in [6.07, 6.45) is 0.808. The predicted molar refractivity (Wildman–Crippen MR) is 47.5 cm³/mol. The Hall–Kier alpha value is -1.40. The second-order valence-electron chi connectivity index (χ2n) is 3.33. The molecule has 0 radical (unpaired) electrons. The maximum Gasteiger partial charge on any atom is 0.355 e. The molecule has 1 saturated heterocycles. The van der Waals surface area contributed by atoms with Gasteiger partial charge in [0.15, 0.2) is 6.10 Å². The topological polar surface area (TPSA) is 73.9 Å². The molecule has 82 valence electrons. The van der Waals surface area contributed by atoms with Crippen molar-refractivity contribution in [2.45, 2.75) is 19.1 Å². The lowest BCUT2D eigenvalue weighted by Crippen LogP contribution is -2.46. The number of carbonyl (C=O) groups is 2. The van der Waals surface area contributed by atoms with E-state index in [0.29, 0.717) is 6.61 Å². The lowest BCUT2D eigenvalue weighted by Gasteiger charge is -2.32. The van der Waals surface area contributed by atoms with Crippen LogP contribution < -0.4 is 5.32 Å². The van der Waals surface area contributed by atoms with Gasteiger partial charge in [-0.05, 0) is 6.08 Å². The molecule has 1 amide bonds. The molecule has 0 bridgehead atoms. The Balaban J connectivity index is 2.13. The molecule has 0 aliphatic carbocycles. The molecule has 0 saturated carbocycles. The third kappa shape index (κ3) is 2.16. The van der Waals surface area contributed by atoms with Crippen LogP contribution in [0.1, 0.15) is 6.92 Å². The van der Waals surface area contributed by atoms with Crippen molar-refractivity contribution in [1.82, 2.24) is 5.32 Å². The predicted octanol–water partition coefficient (Wildman–Crippen LogP) is -0.695. The summed E-state index contributed by atoms with van der Waals surface area (Å²) in [5.41, 5.74) is 0.130. The monoisotopic (exact) mass is 213 g/mol. The summed E-state index contributed by atoms with van der Waals surface area (Å²) in [4.78, 5) is 22.2. The fourth-order valence-corrected chi connectivity index (χ4v) is 1.47. The van der Waals surface area contributed by atoms with E-state index in [1.54, 1.807) is 6.08 Å². The first kappa shape index (κ1) is 10.1. The number of amides is 1. The quantitative estimate of drug-likeness (QED) is 0.583. The van der Waals surface area contributed by atoms with Crippen LogP contribution in [0.25, 0.3) is 0 Å². The van der Waals surface area contributed by atoms with Gasteiger partial charge in [-0.3, -0.25) is 4.79 Å². The van der Waals surface area contributed by atoms with E-state index >= 15 is 0 Å². The average Bonchev–Trinajstić information content (AvgIpc) is 2.18. The minimum absolute atomic E-state index is 0.130. The fraction of sp³-hybridized carbons (Fsp3) is 0.556. The number of esters is 1. The van der Waals surface area contributed by atoms with E-state index in [-0.39, 0.29) is 24.5 Å². The first-order chi connectivity index (χ1) is 7.16. The number of fused-ring (bicyclic) bond motifs is 1. The minimum atomic E-state index is -0.555. The highest BCUT2D eigenvalue weighted by Gasteiger charge is 2.35. The lowest BCUT2D eigenvalue weighted by molar-refractivity contribution is -0.202. The minimum Gasteiger partial charge on any atom is -0.452 e. The Kier molecular flexibility index (Phi) is 2.70. The molecular weight excluding hydrogens is 202 g/mol. The standard InChI is InChI=1S/C9H11NO5/c1-5(11)10-6-2-7-8(15-9(6)12)3-13-4-14-7/h2,7-8H,3-4H2,1H3,(H,10,11)/t7-,8-/m1/s1. The molecule has 2 rings (SSSR count). The highest BCUT2D eigenvalue weighted by Crippen LogP contribution is 2.19. The number of hydrogen-bond donors (Lipinski definition) is 1. The Morgan fingerprint density at radius 1 is 1.60 bits per heavy atom. The fourth-order valence-electron chi connectivity index (χ4n) is 1.47. The van der Waals surface area contributed by atoms with Crippen LogP contribution in [0.15, 0.2) is 11.8 Å². The van der Waals surface area contributed by atoms with Gasteiger partial charge in [-0.25, -0.2) is 4.79 Å². The third-order valence-corrected chi connectivity index (χ3v) is 2.11. The van der Waals surface area contributed by atoms with Crippen molar-refractivity contribution in [2.75, 3.05) is 13.4 Å². The highest BCUT2D eigenvalue weighted by atomic mass is 16.7. The molecule has 0 aromatic rings. The molecule has 0 aromatic heterocycles. The summed E-state index contributed by atoms with van der Waals surface area (Å²) >= 11 is 0. The molecule has 1 fully saturated rings. The molecule has 2 atom stereocenters.